The van der Waals surface area contributed by atoms with Crippen LogP contribution in [0.5, 0.6) is 0 Å². The molecule has 1 amide bonds. The van der Waals surface area contributed by atoms with Gasteiger partial charge in [-0.1, -0.05) is 19.9 Å². The second-order valence-electron chi connectivity index (χ2n) is 13.4. The van der Waals surface area contributed by atoms with E-state index in [0.717, 1.165) is 29.3 Å². The molecule has 284 valence electrons. The number of esters is 1. The summed E-state index contributed by atoms with van der Waals surface area (Å²) in [5.41, 5.74) is -4.94. The smallest absolute Gasteiger partial charge is 0.419 e. The second-order valence-corrected chi connectivity index (χ2v) is 13.4. The molecular weight excluding hydrogens is 702 g/mol. The van der Waals surface area contributed by atoms with Crippen LogP contribution >= 0.6 is 0 Å². The van der Waals surface area contributed by atoms with E-state index in [2.05, 4.69) is 5.32 Å². The van der Waals surface area contributed by atoms with Gasteiger partial charge in [-0.15, -0.1) is 0 Å². The molecule has 1 N–H and O–H groups in total. The van der Waals surface area contributed by atoms with E-state index in [9.17, 15) is 45.1 Å². The van der Waals surface area contributed by atoms with Crippen molar-refractivity contribution in [1.82, 2.24) is 14.8 Å². The van der Waals surface area contributed by atoms with E-state index in [4.69, 9.17) is 4.74 Å². The fourth-order valence-corrected chi connectivity index (χ4v) is 6.39. The molecule has 1 fully saturated rings. The zero-order valence-corrected chi connectivity index (χ0v) is 29.4. The van der Waals surface area contributed by atoms with Gasteiger partial charge in [0, 0.05) is 24.4 Å². The summed E-state index contributed by atoms with van der Waals surface area (Å²) in [6, 6.07) is 1.05. The van der Waals surface area contributed by atoms with Crippen LogP contribution in [0.2, 0.25) is 0 Å². The third kappa shape index (κ3) is 9.39. The van der Waals surface area contributed by atoms with Gasteiger partial charge in [0.25, 0.3) is 5.56 Å². The minimum Gasteiger partial charge on any atom is -0.466 e. The van der Waals surface area contributed by atoms with Gasteiger partial charge >= 0.3 is 18.3 Å². The number of carbonyl (C=O) groups excluding carboxylic acids is 2. The van der Waals surface area contributed by atoms with Gasteiger partial charge in [-0.2, -0.15) is 26.3 Å². The molecule has 2 atom stereocenters. The molecule has 2 aromatic carbocycles. The summed E-state index contributed by atoms with van der Waals surface area (Å²) >= 11 is 0. The first kappa shape index (κ1) is 40.5. The normalized spacial score (nSPS) is 15.0. The Morgan fingerprint density at radius 2 is 1.62 bits per heavy atom. The molecule has 2 heterocycles. The summed E-state index contributed by atoms with van der Waals surface area (Å²) in [6.07, 6.45) is -9.33. The largest absolute Gasteiger partial charge is 0.466 e. The highest BCUT2D eigenvalue weighted by atomic mass is 19.4. The fourth-order valence-electron chi connectivity index (χ4n) is 6.39. The Labute approximate surface area is 296 Å². The highest BCUT2D eigenvalue weighted by Crippen LogP contribution is 2.40. The van der Waals surface area contributed by atoms with Gasteiger partial charge in [-0.05, 0) is 105 Å². The number of ether oxygens (including phenoxy) is 1. The number of aromatic nitrogens is 1. The van der Waals surface area contributed by atoms with Gasteiger partial charge in [0.15, 0.2) is 0 Å². The summed E-state index contributed by atoms with van der Waals surface area (Å²) in [6.45, 7) is 9.19. The summed E-state index contributed by atoms with van der Waals surface area (Å²) in [7, 11) is 0. The van der Waals surface area contributed by atoms with Crippen molar-refractivity contribution in [2.45, 2.75) is 84.7 Å². The van der Waals surface area contributed by atoms with Gasteiger partial charge in [-0.25, -0.2) is 8.78 Å². The molecule has 7 nitrogen and oxygen atoms in total. The number of hydrogen-bond acceptors (Lipinski definition) is 5. The number of nitrogens with zero attached hydrogens (tertiary/aromatic N) is 2. The topological polar surface area (TPSA) is 80.6 Å². The average Bonchev–Trinajstić information content (AvgIpc) is 3.01. The summed E-state index contributed by atoms with van der Waals surface area (Å²) < 4.78 is 122. The van der Waals surface area contributed by atoms with Crippen molar-refractivity contribution in [3.8, 4) is 11.1 Å². The lowest BCUT2D eigenvalue weighted by Crippen LogP contribution is -2.41. The Kier molecular flexibility index (Phi) is 12.6. The highest BCUT2D eigenvalue weighted by Gasteiger charge is 2.39. The Bertz CT molecular complexity index is 1850. The van der Waals surface area contributed by atoms with Gasteiger partial charge < -0.3 is 19.5 Å². The Balaban J connectivity index is 1.87. The van der Waals surface area contributed by atoms with Gasteiger partial charge in [-0.3, -0.25) is 14.4 Å². The molecule has 0 spiro atoms. The number of likely N-dealkylation sites (tertiary alicyclic amines) is 1. The Morgan fingerprint density at radius 1 is 0.962 bits per heavy atom. The summed E-state index contributed by atoms with van der Waals surface area (Å²) in [5, 5.41) is 2.41. The van der Waals surface area contributed by atoms with Crippen molar-refractivity contribution in [3.05, 3.63) is 91.9 Å². The van der Waals surface area contributed by atoms with Crippen molar-refractivity contribution in [3.63, 3.8) is 0 Å². The van der Waals surface area contributed by atoms with Crippen LogP contribution in [0, 0.1) is 31.4 Å². The third-order valence-electron chi connectivity index (χ3n) is 9.12. The number of benzene rings is 2. The first-order valence-corrected chi connectivity index (χ1v) is 16.9. The van der Waals surface area contributed by atoms with Crippen LogP contribution in [-0.2, 0) is 33.1 Å². The lowest BCUT2D eigenvalue weighted by Gasteiger charge is -2.31. The molecule has 52 heavy (non-hydrogen) atoms. The van der Waals surface area contributed by atoms with E-state index in [1.54, 1.807) is 13.8 Å². The van der Waals surface area contributed by atoms with Crippen LogP contribution in [0.3, 0.4) is 0 Å². The molecule has 1 aromatic heterocycles. The number of halogens is 8. The van der Waals surface area contributed by atoms with Crippen LogP contribution < -0.4 is 10.9 Å². The van der Waals surface area contributed by atoms with E-state index in [1.807, 2.05) is 4.90 Å². The van der Waals surface area contributed by atoms with Crippen LogP contribution in [0.1, 0.15) is 85.5 Å². The zero-order valence-electron chi connectivity index (χ0n) is 29.4. The molecule has 0 aliphatic carbocycles. The maximum Gasteiger partial charge on any atom is 0.419 e. The molecule has 0 saturated carbocycles. The maximum atomic E-state index is 16.0. The Morgan fingerprint density at radius 3 is 2.17 bits per heavy atom. The fraction of sp³-hybridized carbons (Fsp3) is 0.486. The molecule has 1 unspecified atom stereocenters. The predicted molar refractivity (Wildman–Crippen MR) is 177 cm³/mol. The van der Waals surface area contributed by atoms with Gasteiger partial charge in [0.2, 0.25) is 5.91 Å². The van der Waals surface area contributed by atoms with Crippen molar-refractivity contribution in [1.29, 1.82) is 0 Å². The lowest BCUT2D eigenvalue weighted by molar-refractivity contribution is -0.144. The Hall–Kier alpha value is -4.27. The number of hydrogen-bond donors (Lipinski definition) is 1. The zero-order chi connectivity index (χ0) is 38.7. The van der Waals surface area contributed by atoms with Gasteiger partial charge in [0.1, 0.15) is 17.7 Å². The lowest BCUT2D eigenvalue weighted by atomic mass is 9.89. The van der Waals surface area contributed by atoms with Crippen LogP contribution in [0.15, 0.2) is 41.3 Å². The van der Waals surface area contributed by atoms with E-state index in [-0.39, 0.29) is 54.2 Å². The van der Waals surface area contributed by atoms with Crippen molar-refractivity contribution >= 4 is 11.9 Å². The number of alkyl halides is 6. The monoisotopic (exact) mass is 743 g/mol. The predicted octanol–water partition coefficient (Wildman–Crippen LogP) is 8.09. The number of aryl methyl sites for hydroxylation is 1. The number of rotatable bonds is 13. The number of nitrogens with one attached hydrogen (secondary N) is 1. The number of pyridine rings is 1. The van der Waals surface area contributed by atoms with Crippen LogP contribution in [0.25, 0.3) is 11.1 Å². The third-order valence-corrected chi connectivity index (χ3v) is 9.12. The minimum atomic E-state index is -5.26. The molecule has 1 saturated heterocycles. The SMILES string of the molecule is CCOC(=O)C[C@H](NC(=O)C(CC(C)C)n1cc(CCN2CCC2)c(C(F)(F)F)cc1=O)c1cc(-c2c(C)ccc(F)c2C)cc(C(F)(F)F)c1F. The quantitative estimate of drug-likeness (QED) is 0.142. The highest BCUT2D eigenvalue weighted by molar-refractivity contribution is 5.82. The second kappa shape index (κ2) is 16.2. The van der Waals surface area contributed by atoms with Crippen LogP contribution in [-0.4, -0.2) is 47.6 Å². The average molecular weight is 744 g/mol. The number of carbonyl (C=O) groups is 2. The first-order valence-electron chi connectivity index (χ1n) is 16.9. The molecule has 3 aromatic rings. The maximum absolute atomic E-state index is 16.0. The molecule has 4 rings (SSSR count). The van der Waals surface area contributed by atoms with Crippen molar-refractivity contribution in [2.75, 3.05) is 26.2 Å². The molecule has 0 radical (unpaired) electrons. The summed E-state index contributed by atoms with van der Waals surface area (Å²) in [5.74, 6) is -4.95. The van der Waals surface area contributed by atoms with Crippen LogP contribution in [0.4, 0.5) is 35.1 Å². The van der Waals surface area contributed by atoms with E-state index >= 15 is 4.39 Å². The number of amides is 1. The summed E-state index contributed by atoms with van der Waals surface area (Å²) in [4.78, 5) is 42.1. The molecular formula is C37H41F8N3O4. The van der Waals surface area contributed by atoms with E-state index < -0.39 is 76.6 Å². The van der Waals surface area contributed by atoms with Gasteiger partial charge in [0.05, 0.1) is 30.2 Å². The van der Waals surface area contributed by atoms with Crippen molar-refractivity contribution in [2.24, 2.45) is 5.92 Å². The molecule has 1 aliphatic rings. The molecule has 1 aliphatic heterocycles. The molecule has 0 bridgehead atoms. The van der Waals surface area contributed by atoms with Crippen molar-refractivity contribution < 1.29 is 49.4 Å². The standard InChI is InChI=1S/C37H41F8N3O4/c1-6-52-32(50)18-29(25-15-24(16-27(34(25)39)37(43,44)45)33-21(4)8-9-28(38)22(33)5)46-35(51)30(14-20(2)3)48-19-23(10-13-47-11-7-12-47)26(17-31(48)49)36(40,41)42/h8-9,15-17,19-20,29-30H,6-7,10-14,18H2,1-5H3,(H,46,51)/t29-,30?/m0/s1. The first-order chi connectivity index (χ1) is 24.2. The minimum absolute atomic E-state index is 0.0275. The van der Waals surface area contributed by atoms with E-state index in [1.165, 1.54) is 26.8 Å². The van der Waals surface area contributed by atoms with E-state index in [0.29, 0.717) is 30.8 Å². The molecule has 15 heteroatoms.